The van der Waals surface area contributed by atoms with Crippen LogP contribution >= 0.6 is 0 Å². The molecule has 30 heavy (non-hydrogen) atoms. The highest BCUT2D eigenvalue weighted by Crippen LogP contribution is 2.29. The minimum Gasteiger partial charge on any atom is -0.496 e. The lowest BCUT2D eigenvalue weighted by molar-refractivity contribution is -0.384. The van der Waals surface area contributed by atoms with Gasteiger partial charge in [-0.25, -0.2) is 12.7 Å². The lowest BCUT2D eigenvalue weighted by atomic mass is 10.1. The lowest BCUT2D eigenvalue weighted by Gasteiger charge is -2.15. The average molecular weight is 437 g/mol. The van der Waals surface area contributed by atoms with E-state index in [1.807, 2.05) is 0 Å². The molecule has 0 heterocycles. The third-order valence-corrected chi connectivity index (χ3v) is 6.13. The van der Waals surface area contributed by atoms with E-state index in [9.17, 15) is 23.3 Å². The number of benzene rings is 2. The van der Waals surface area contributed by atoms with Crippen molar-refractivity contribution >= 4 is 27.3 Å². The number of carbonyl (C=O) groups is 1. The van der Waals surface area contributed by atoms with Gasteiger partial charge in [-0.1, -0.05) is 0 Å². The van der Waals surface area contributed by atoms with Gasteiger partial charge in [0.25, 0.3) is 5.69 Å². The smallest absolute Gasteiger partial charge is 0.271 e. The maximum atomic E-state index is 12.4. The molecule has 0 bridgehead atoms. The number of nitrogens with zero attached hydrogens (tertiary/aromatic N) is 2. The number of nitrogens with one attached hydrogen (secondary N) is 1. The number of ether oxygens (including phenoxy) is 2. The summed E-state index contributed by atoms with van der Waals surface area (Å²) < 4.78 is 36.2. The van der Waals surface area contributed by atoms with Gasteiger partial charge in [-0.05, 0) is 36.2 Å². The molecule has 1 N–H and O–H groups in total. The van der Waals surface area contributed by atoms with Crippen LogP contribution in [0.2, 0.25) is 0 Å². The van der Waals surface area contributed by atoms with E-state index < -0.39 is 20.9 Å². The summed E-state index contributed by atoms with van der Waals surface area (Å²) in [7, 11) is 2.06. The standard InChI is InChI=1S/C19H23N3O7S/c1-21(2)30(26,27)15-7-9-17(28-3)13(11-15)5-10-19(23)20-16-12-14(22(24)25)6-8-18(16)29-4/h6-9,11-12H,5,10H2,1-4H3,(H,20,23). The zero-order valence-corrected chi connectivity index (χ0v) is 17.9. The Balaban J connectivity index is 2.20. The number of methoxy groups -OCH3 is 2. The van der Waals surface area contributed by atoms with Crippen LogP contribution in [0.25, 0.3) is 0 Å². The summed E-state index contributed by atoms with van der Waals surface area (Å²) in [6, 6.07) is 8.32. The van der Waals surface area contributed by atoms with Crippen LogP contribution in [0.3, 0.4) is 0 Å². The van der Waals surface area contributed by atoms with Crippen molar-refractivity contribution < 1.29 is 27.6 Å². The molecule has 0 saturated carbocycles. The minimum absolute atomic E-state index is 0.00628. The number of nitro benzene ring substituents is 1. The van der Waals surface area contributed by atoms with Crippen LogP contribution in [0.15, 0.2) is 41.3 Å². The monoisotopic (exact) mass is 437 g/mol. The Bertz CT molecular complexity index is 1050. The summed E-state index contributed by atoms with van der Waals surface area (Å²) in [5, 5.41) is 13.6. The number of carbonyl (C=O) groups excluding carboxylic acids is 1. The fourth-order valence-corrected chi connectivity index (χ4v) is 3.64. The number of aryl methyl sites for hydroxylation is 1. The summed E-state index contributed by atoms with van der Waals surface area (Å²) in [6.07, 6.45) is 0.191. The van der Waals surface area contributed by atoms with Crippen molar-refractivity contribution in [3.8, 4) is 11.5 Å². The van der Waals surface area contributed by atoms with Gasteiger partial charge >= 0.3 is 0 Å². The molecule has 162 valence electrons. The molecule has 10 nitrogen and oxygen atoms in total. The van der Waals surface area contributed by atoms with Gasteiger partial charge < -0.3 is 14.8 Å². The molecule has 0 atom stereocenters. The van der Waals surface area contributed by atoms with Gasteiger partial charge in [0.2, 0.25) is 15.9 Å². The van der Waals surface area contributed by atoms with E-state index in [0.29, 0.717) is 11.3 Å². The van der Waals surface area contributed by atoms with Gasteiger partial charge in [0.1, 0.15) is 11.5 Å². The first-order chi connectivity index (χ1) is 14.1. The first-order valence-electron chi connectivity index (χ1n) is 8.82. The molecule has 1 amide bonds. The van der Waals surface area contributed by atoms with Crippen LogP contribution < -0.4 is 14.8 Å². The Morgan fingerprint density at radius 3 is 2.30 bits per heavy atom. The molecule has 0 unspecified atom stereocenters. The second-order valence-electron chi connectivity index (χ2n) is 6.45. The van der Waals surface area contributed by atoms with E-state index >= 15 is 0 Å². The van der Waals surface area contributed by atoms with E-state index in [-0.39, 0.29) is 34.9 Å². The van der Waals surface area contributed by atoms with E-state index in [0.717, 1.165) is 4.31 Å². The number of non-ortho nitro benzene ring substituents is 1. The van der Waals surface area contributed by atoms with Crippen molar-refractivity contribution in [1.82, 2.24) is 4.31 Å². The third-order valence-electron chi connectivity index (χ3n) is 4.32. The van der Waals surface area contributed by atoms with Crippen LogP contribution in [0.1, 0.15) is 12.0 Å². The van der Waals surface area contributed by atoms with Crippen LogP contribution in [0.4, 0.5) is 11.4 Å². The summed E-state index contributed by atoms with van der Waals surface area (Å²) in [5.41, 5.74) is 0.531. The zero-order chi connectivity index (χ0) is 22.5. The van der Waals surface area contributed by atoms with Crippen molar-refractivity contribution in [2.45, 2.75) is 17.7 Å². The molecule has 0 aliphatic rings. The summed E-state index contributed by atoms with van der Waals surface area (Å²) >= 11 is 0. The topological polar surface area (TPSA) is 128 Å². The first-order valence-corrected chi connectivity index (χ1v) is 10.3. The summed E-state index contributed by atoms with van der Waals surface area (Å²) in [5.74, 6) is 0.316. The average Bonchev–Trinajstić information content (AvgIpc) is 2.71. The van der Waals surface area contributed by atoms with Crippen molar-refractivity contribution in [2.75, 3.05) is 33.6 Å². The molecule has 2 rings (SSSR count). The van der Waals surface area contributed by atoms with Crippen LogP contribution in [0, 0.1) is 10.1 Å². The second-order valence-corrected chi connectivity index (χ2v) is 8.60. The molecule has 2 aromatic rings. The van der Waals surface area contributed by atoms with Gasteiger partial charge in [-0.15, -0.1) is 0 Å². The van der Waals surface area contributed by atoms with Crippen molar-refractivity contribution in [3.63, 3.8) is 0 Å². The van der Waals surface area contributed by atoms with Gasteiger partial charge in [0.15, 0.2) is 0 Å². The Morgan fingerprint density at radius 2 is 1.73 bits per heavy atom. The third kappa shape index (κ3) is 5.24. The highest BCUT2D eigenvalue weighted by atomic mass is 32.2. The Hall–Kier alpha value is -3.18. The maximum absolute atomic E-state index is 12.4. The molecular weight excluding hydrogens is 414 g/mol. The van der Waals surface area contributed by atoms with E-state index in [2.05, 4.69) is 5.32 Å². The fraction of sp³-hybridized carbons (Fsp3) is 0.316. The molecule has 0 spiro atoms. The highest BCUT2D eigenvalue weighted by Gasteiger charge is 2.20. The van der Waals surface area contributed by atoms with Crippen LogP contribution in [-0.2, 0) is 21.2 Å². The van der Waals surface area contributed by atoms with Gasteiger partial charge in [-0.2, -0.15) is 0 Å². The number of rotatable bonds is 9. The van der Waals surface area contributed by atoms with Crippen LogP contribution in [0.5, 0.6) is 11.5 Å². The molecule has 0 saturated heterocycles. The molecule has 11 heteroatoms. The molecule has 0 aliphatic carbocycles. The Labute approximate surface area is 174 Å². The number of hydrogen-bond donors (Lipinski definition) is 1. The normalized spacial score (nSPS) is 11.2. The van der Waals surface area contributed by atoms with E-state index in [1.165, 1.54) is 64.7 Å². The zero-order valence-electron chi connectivity index (χ0n) is 17.0. The van der Waals surface area contributed by atoms with E-state index in [4.69, 9.17) is 9.47 Å². The fourth-order valence-electron chi connectivity index (χ4n) is 2.69. The maximum Gasteiger partial charge on any atom is 0.271 e. The summed E-state index contributed by atoms with van der Waals surface area (Å²) in [6.45, 7) is 0. The number of hydrogen-bond acceptors (Lipinski definition) is 7. The molecule has 0 aromatic heterocycles. The Kier molecular flexibility index (Phi) is 7.35. The predicted octanol–water partition coefficient (Wildman–Crippen LogP) is 2.43. The van der Waals surface area contributed by atoms with Gasteiger partial charge in [0.05, 0.1) is 29.7 Å². The largest absolute Gasteiger partial charge is 0.496 e. The van der Waals surface area contributed by atoms with Crippen LogP contribution in [-0.4, -0.2) is 51.9 Å². The van der Waals surface area contributed by atoms with Crippen molar-refractivity contribution in [1.29, 1.82) is 0 Å². The molecule has 2 aromatic carbocycles. The number of nitro groups is 1. The molecule has 0 fully saturated rings. The van der Waals surface area contributed by atoms with E-state index in [1.54, 1.807) is 0 Å². The van der Waals surface area contributed by atoms with Gasteiger partial charge in [-0.3, -0.25) is 14.9 Å². The Morgan fingerprint density at radius 1 is 1.10 bits per heavy atom. The number of anilines is 1. The quantitative estimate of drug-likeness (QED) is 0.471. The minimum atomic E-state index is -3.64. The number of sulfonamides is 1. The predicted molar refractivity (Wildman–Crippen MR) is 110 cm³/mol. The molecular formula is C19H23N3O7S. The highest BCUT2D eigenvalue weighted by molar-refractivity contribution is 7.89. The lowest BCUT2D eigenvalue weighted by Crippen LogP contribution is -2.22. The SMILES string of the molecule is COc1ccc(S(=O)(=O)N(C)C)cc1CCC(=O)Nc1cc([N+](=O)[O-])ccc1OC. The number of amides is 1. The summed E-state index contributed by atoms with van der Waals surface area (Å²) in [4.78, 5) is 22.9. The second kappa shape index (κ2) is 9.55. The van der Waals surface area contributed by atoms with Crippen molar-refractivity contribution in [2.24, 2.45) is 0 Å². The van der Waals surface area contributed by atoms with Gasteiger partial charge in [0, 0.05) is 32.6 Å². The van der Waals surface area contributed by atoms with Crippen molar-refractivity contribution in [3.05, 3.63) is 52.1 Å². The molecule has 0 aliphatic heterocycles. The molecule has 0 radical (unpaired) electrons. The first kappa shape index (κ1) is 23.1.